The maximum atomic E-state index is 4.48. The van der Waals surface area contributed by atoms with Crippen LogP contribution in [0.1, 0.15) is 10.7 Å². The minimum Gasteiger partial charge on any atom is -0.368 e. The molecular formula is C15H13N5S2. The molecule has 22 heavy (non-hydrogen) atoms. The van der Waals surface area contributed by atoms with E-state index in [1.807, 2.05) is 19.2 Å². The lowest BCUT2D eigenvalue weighted by atomic mass is 10.3. The summed E-state index contributed by atoms with van der Waals surface area (Å²) in [6.45, 7) is 2.83. The van der Waals surface area contributed by atoms with Crippen molar-refractivity contribution in [2.75, 3.05) is 11.9 Å². The van der Waals surface area contributed by atoms with Crippen LogP contribution in [0.15, 0.2) is 30.0 Å². The van der Waals surface area contributed by atoms with Crippen molar-refractivity contribution in [2.24, 2.45) is 0 Å². The van der Waals surface area contributed by atoms with Crippen molar-refractivity contribution >= 4 is 48.9 Å². The third kappa shape index (κ3) is 2.42. The molecule has 4 aromatic rings. The molecule has 0 aliphatic carbocycles. The van der Waals surface area contributed by atoms with E-state index in [1.54, 1.807) is 29.0 Å². The molecule has 110 valence electrons. The summed E-state index contributed by atoms with van der Waals surface area (Å²) in [6.07, 6.45) is 4.31. The fourth-order valence-electron chi connectivity index (χ4n) is 2.34. The van der Waals surface area contributed by atoms with Gasteiger partial charge in [0.05, 0.1) is 15.2 Å². The number of hydrogen-bond donors (Lipinski definition) is 1. The minimum atomic E-state index is 0.806. The zero-order chi connectivity index (χ0) is 14.9. The molecule has 4 rings (SSSR count). The molecule has 0 aliphatic rings. The Morgan fingerprint density at radius 1 is 1.23 bits per heavy atom. The van der Waals surface area contributed by atoms with Crippen molar-refractivity contribution in [3.05, 3.63) is 40.7 Å². The lowest BCUT2D eigenvalue weighted by Crippen LogP contribution is -2.06. The summed E-state index contributed by atoms with van der Waals surface area (Å²) in [4.78, 5) is 18.7. The number of thiazole rings is 1. The highest BCUT2D eigenvalue weighted by atomic mass is 32.1. The second-order valence-corrected chi connectivity index (χ2v) is 6.86. The van der Waals surface area contributed by atoms with Gasteiger partial charge in [-0.15, -0.1) is 22.7 Å². The van der Waals surface area contributed by atoms with Crippen LogP contribution in [-0.4, -0.2) is 26.5 Å². The van der Waals surface area contributed by atoms with Crippen LogP contribution < -0.4 is 5.32 Å². The third-order valence-electron chi connectivity index (χ3n) is 3.33. The fraction of sp³-hybridized carbons (Fsp3) is 0.200. The first kappa shape index (κ1) is 13.5. The molecule has 0 bridgehead atoms. The third-order valence-corrected chi connectivity index (χ3v) is 5.46. The number of aromatic nitrogens is 4. The summed E-state index contributed by atoms with van der Waals surface area (Å²) in [7, 11) is 0. The lowest BCUT2D eigenvalue weighted by molar-refractivity contribution is 0.979. The van der Waals surface area contributed by atoms with Gasteiger partial charge in [0, 0.05) is 35.6 Å². The van der Waals surface area contributed by atoms with Crippen LogP contribution in [0.5, 0.6) is 0 Å². The topological polar surface area (TPSA) is 63.6 Å². The second kappa shape index (κ2) is 5.58. The molecule has 0 amide bonds. The first-order valence-electron chi connectivity index (χ1n) is 6.94. The first-order chi connectivity index (χ1) is 10.8. The van der Waals surface area contributed by atoms with Gasteiger partial charge in [0.15, 0.2) is 0 Å². The Bertz CT molecular complexity index is 943. The highest BCUT2D eigenvalue weighted by Crippen LogP contribution is 2.34. The molecular weight excluding hydrogens is 314 g/mol. The number of anilines is 1. The predicted octanol–water partition coefficient (Wildman–Crippen LogP) is 3.66. The summed E-state index contributed by atoms with van der Waals surface area (Å²) >= 11 is 3.33. The van der Waals surface area contributed by atoms with Gasteiger partial charge in [0.1, 0.15) is 17.0 Å². The lowest BCUT2D eigenvalue weighted by Gasteiger charge is -2.04. The molecule has 0 fully saturated rings. The number of hydrogen-bond acceptors (Lipinski definition) is 7. The second-order valence-electron chi connectivity index (χ2n) is 4.92. The molecule has 7 heteroatoms. The number of pyridine rings is 1. The highest BCUT2D eigenvalue weighted by molar-refractivity contribution is 7.25. The van der Waals surface area contributed by atoms with Crippen molar-refractivity contribution in [1.29, 1.82) is 0 Å². The Morgan fingerprint density at radius 3 is 3.05 bits per heavy atom. The largest absolute Gasteiger partial charge is 0.368 e. The molecule has 0 unspecified atom stereocenters. The summed E-state index contributed by atoms with van der Waals surface area (Å²) in [5.41, 5.74) is 2.05. The van der Waals surface area contributed by atoms with E-state index in [0.29, 0.717) is 0 Å². The summed E-state index contributed by atoms with van der Waals surface area (Å²) in [5.74, 6) is 0.876. The minimum absolute atomic E-state index is 0.806. The number of thiophene rings is 1. The number of nitrogens with zero attached hydrogens (tertiary/aromatic N) is 4. The SMILES string of the molecule is Cc1csc(CCNc2ncnc3c2sc2ncccc23)n1. The molecule has 0 saturated carbocycles. The quantitative estimate of drug-likeness (QED) is 0.620. The van der Waals surface area contributed by atoms with Gasteiger partial charge in [-0.2, -0.15) is 0 Å². The smallest absolute Gasteiger partial charge is 0.147 e. The van der Waals surface area contributed by atoms with E-state index in [9.17, 15) is 0 Å². The molecule has 4 heterocycles. The average Bonchev–Trinajstić information content (AvgIpc) is 3.11. The van der Waals surface area contributed by atoms with Gasteiger partial charge in [-0.05, 0) is 19.1 Å². The molecule has 4 aromatic heterocycles. The van der Waals surface area contributed by atoms with Crippen molar-refractivity contribution in [3.63, 3.8) is 0 Å². The molecule has 0 saturated heterocycles. The predicted molar refractivity (Wildman–Crippen MR) is 91.8 cm³/mol. The highest BCUT2D eigenvalue weighted by Gasteiger charge is 2.11. The van der Waals surface area contributed by atoms with Crippen molar-refractivity contribution in [2.45, 2.75) is 13.3 Å². The van der Waals surface area contributed by atoms with Crippen LogP contribution in [0.2, 0.25) is 0 Å². The van der Waals surface area contributed by atoms with E-state index in [2.05, 4.69) is 36.7 Å². The number of aryl methyl sites for hydroxylation is 1. The Hall–Kier alpha value is -2.12. The molecule has 0 aromatic carbocycles. The van der Waals surface area contributed by atoms with E-state index in [1.165, 1.54) is 0 Å². The fourth-order valence-corrected chi connectivity index (χ4v) is 4.18. The zero-order valence-corrected chi connectivity index (χ0v) is 13.5. The van der Waals surface area contributed by atoms with Gasteiger partial charge in [-0.25, -0.2) is 19.9 Å². The van der Waals surface area contributed by atoms with Crippen LogP contribution in [0, 0.1) is 6.92 Å². The summed E-state index contributed by atoms with van der Waals surface area (Å²) < 4.78 is 1.06. The van der Waals surface area contributed by atoms with E-state index in [-0.39, 0.29) is 0 Å². The van der Waals surface area contributed by atoms with Gasteiger partial charge in [0.2, 0.25) is 0 Å². The normalized spacial score (nSPS) is 11.3. The Labute approximate surface area is 135 Å². The van der Waals surface area contributed by atoms with E-state index < -0.39 is 0 Å². The molecule has 0 spiro atoms. The van der Waals surface area contributed by atoms with Crippen molar-refractivity contribution in [3.8, 4) is 0 Å². The van der Waals surface area contributed by atoms with Gasteiger partial charge < -0.3 is 5.32 Å². The van der Waals surface area contributed by atoms with Gasteiger partial charge in [-0.1, -0.05) is 0 Å². The molecule has 0 aliphatic heterocycles. The van der Waals surface area contributed by atoms with Crippen LogP contribution in [0.3, 0.4) is 0 Å². The van der Waals surface area contributed by atoms with Gasteiger partial charge in [0.25, 0.3) is 0 Å². The van der Waals surface area contributed by atoms with E-state index in [4.69, 9.17) is 0 Å². The molecule has 0 atom stereocenters. The van der Waals surface area contributed by atoms with E-state index >= 15 is 0 Å². The number of nitrogens with one attached hydrogen (secondary N) is 1. The van der Waals surface area contributed by atoms with Gasteiger partial charge >= 0.3 is 0 Å². The number of rotatable bonds is 4. The Morgan fingerprint density at radius 2 is 2.18 bits per heavy atom. The molecule has 0 radical (unpaired) electrons. The van der Waals surface area contributed by atoms with Crippen molar-refractivity contribution in [1.82, 2.24) is 19.9 Å². The molecule has 5 nitrogen and oxygen atoms in total. The van der Waals surface area contributed by atoms with E-state index in [0.717, 1.165) is 49.9 Å². The molecule has 1 N–H and O–H groups in total. The maximum Gasteiger partial charge on any atom is 0.147 e. The van der Waals surface area contributed by atoms with Crippen molar-refractivity contribution < 1.29 is 0 Å². The summed E-state index contributed by atoms with van der Waals surface area (Å²) in [6, 6.07) is 3.99. The van der Waals surface area contributed by atoms with Crippen LogP contribution in [-0.2, 0) is 6.42 Å². The standard InChI is InChI=1S/C15H13N5S2/c1-9-7-21-11(20-9)4-6-16-14-13-12(18-8-19-14)10-3-2-5-17-15(10)22-13/h2-3,5,7-8H,4,6H2,1H3,(H,16,18,19). The van der Waals surface area contributed by atoms with Crippen LogP contribution in [0.4, 0.5) is 5.82 Å². The monoisotopic (exact) mass is 327 g/mol. The Kier molecular flexibility index (Phi) is 3.44. The van der Waals surface area contributed by atoms with Crippen LogP contribution in [0.25, 0.3) is 20.4 Å². The zero-order valence-electron chi connectivity index (χ0n) is 11.9. The maximum absolute atomic E-state index is 4.48. The van der Waals surface area contributed by atoms with Gasteiger partial charge in [-0.3, -0.25) is 0 Å². The summed E-state index contributed by atoms with van der Waals surface area (Å²) in [5, 5.41) is 7.72. The van der Waals surface area contributed by atoms with Crippen LogP contribution >= 0.6 is 22.7 Å². The first-order valence-corrected chi connectivity index (χ1v) is 8.64. The Balaban J connectivity index is 1.61. The average molecular weight is 327 g/mol. The number of fused-ring (bicyclic) bond motifs is 3.